The molecule has 1 aromatic carbocycles. The quantitative estimate of drug-likeness (QED) is 0.912. The first-order valence-electron chi connectivity index (χ1n) is 7.48. The van der Waals surface area contributed by atoms with Crippen molar-refractivity contribution in [3.05, 3.63) is 29.3 Å². The molecule has 2 atom stereocenters. The van der Waals surface area contributed by atoms with Gasteiger partial charge in [0.2, 0.25) is 0 Å². The zero-order valence-corrected chi connectivity index (χ0v) is 13.4. The van der Waals surface area contributed by atoms with Crippen molar-refractivity contribution in [1.29, 1.82) is 0 Å². The Morgan fingerprint density at radius 3 is 3.00 bits per heavy atom. The molecule has 5 heteroatoms. The van der Waals surface area contributed by atoms with E-state index in [4.69, 9.17) is 4.74 Å². The van der Waals surface area contributed by atoms with Gasteiger partial charge in [0.1, 0.15) is 5.75 Å². The SMILES string of the molecule is CCNC(=O)Oc1cccc2c1CC[C@@H]1CCN(C)[C@H]21.Cl. The standard InChI is InChI=1S/C16H22N2O2.ClH/c1-3-17-16(19)20-14-6-4-5-13-12(14)8-7-11-9-10-18(2)15(11)13;/h4-6,11,15H,3,7-10H2,1-2H3,(H,17,19);1H/t11-,15+;/m1./s1. The summed E-state index contributed by atoms with van der Waals surface area (Å²) in [4.78, 5) is 14.1. The molecular formula is C16H23ClN2O2. The summed E-state index contributed by atoms with van der Waals surface area (Å²) in [6.07, 6.45) is 3.13. The van der Waals surface area contributed by atoms with Crippen molar-refractivity contribution in [2.24, 2.45) is 5.92 Å². The normalized spacial score (nSPS) is 23.7. The average Bonchev–Trinajstić information content (AvgIpc) is 2.81. The number of nitrogens with zero attached hydrogens (tertiary/aromatic N) is 1. The van der Waals surface area contributed by atoms with Crippen molar-refractivity contribution in [2.45, 2.75) is 32.2 Å². The lowest BCUT2D eigenvalue weighted by Crippen LogP contribution is -2.29. The van der Waals surface area contributed by atoms with Gasteiger partial charge < -0.3 is 10.1 Å². The predicted octanol–water partition coefficient (Wildman–Crippen LogP) is 3.16. The number of likely N-dealkylation sites (tertiary alicyclic amines) is 1. The maximum atomic E-state index is 11.6. The molecule has 21 heavy (non-hydrogen) atoms. The highest BCUT2D eigenvalue weighted by Crippen LogP contribution is 2.46. The van der Waals surface area contributed by atoms with Gasteiger partial charge in [0.05, 0.1) is 0 Å². The molecule has 0 radical (unpaired) electrons. The Morgan fingerprint density at radius 2 is 2.24 bits per heavy atom. The molecule has 2 aliphatic rings. The van der Waals surface area contributed by atoms with E-state index in [1.807, 2.05) is 19.1 Å². The zero-order valence-electron chi connectivity index (χ0n) is 12.6. The lowest BCUT2D eigenvalue weighted by molar-refractivity contribution is 0.199. The van der Waals surface area contributed by atoms with E-state index in [-0.39, 0.29) is 18.5 Å². The first kappa shape index (κ1) is 16.1. The summed E-state index contributed by atoms with van der Waals surface area (Å²) in [6.45, 7) is 3.64. The summed E-state index contributed by atoms with van der Waals surface area (Å²) in [7, 11) is 2.19. The number of rotatable bonds is 2. The van der Waals surface area contributed by atoms with Crippen molar-refractivity contribution >= 4 is 18.5 Å². The molecule has 0 spiro atoms. The minimum absolute atomic E-state index is 0. The Kier molecular flexibility index (Phi) is 5.12. The highest BCUT2D eigenvalue weighted by atomic mass is 35.5. The molecular weight excluding hydrogens is 288 g/mol. The van der Waals surface area contributed by atoms with Crippen molar-refractivity contribution in [3.63, 3.8) is 0 Å². The summed E-state index contributed by atoms with van der Waals surface area (Å²) in [5.41, 5.74) is 2.57. The summed E-state index contributed by atoms with van der Waals surface area (Å²) >= 11 is 0. The van der Waals surface area contributed by atoms with E-state index < -0.39 is 0 Å². The first-order valence-corrected chi connectivity index (χ1v) is 7.48. The van der Waals surface area contributed by atoms with Crippen LogP contribution in [0.5, 0.6) is 5.75 Å². The minimum atomic E-state index is -0.359. The second kappa shape index (κ2) is 6.67. The molecule has 3 rings (SSSR count). The van der Waals surface area contributed by atoms with E-state index >= 15 is 0 Å². The van der Waals surface area contributed by atoms with Gasteiger partial charge in [-0.15, -0.1) is 12.4 Å². The first-order chi connectivity index (χ1) is 9.70. The van der Waals surface area contributed by atoms with E-state index in [9.17, 15) is 4.79 Å². The molecule has 1 heterocycles. The maximum absolute atomic E-state index is 11.6. The second-order valence-electron chi connectivity index (χ2n) is 5.76. The fraction of sp³-hybridized carbons (Fsp3) is 0.562. The number of hydrogen-bond donors (Lipinski definition) is 1. The molecule has 1 aromatic rings. The van der Waals surface area contributed by atoms with Crippen LogP contribution >= 0.6 is 12.4 Å². The number of ether oxygens (including phenoxy) is 1. The van der Waals surface area contributed by atoms with E-state index in [0.29, 0.717) is 12.6 Å². The van der Waals surface area contributed by atoms with E-state index in [2.05, 4.69) is 23.3 Å². The summed E-state index contributed by atoms with van der Waals surface area (Å²) < 4.78 is 5.47. The minimum Gasteiger partial charge on any atom is -0.410 e. The predicted molar refractivity (Wildman–Crippen MR) is 85.2 cm³/mol. The van der Waals surface area contributed by atoms with Crippen LogP contribution in [0, 0.1) is 5.92 Å². The lowest BCUT2D eigenvalue weighted by atomic mass is 9.80. The number of carbonyl (C=O) groups excluding carboxylic acids is 1. The molecule has 1 amide bonds. The fourth-order valence-electron chi connectivity index (χ4n) is 3.65. The number of carbonyl (C=O) groups is 1. The molecule has 0 saturated carbocycles. The van der Waals surface area contributed by atoms with Gasteiger partial charge in [-0.1, -0.05) is 12.1 Å². The number of benzene rings is 1. The third-order valence-electron chi connectivity index (χ3n) is 4.55. The fourth-order valence-corrected chi connectivity index (χ4v) is 3.65. The van der Waals surface area contributed by atoms with Crippen LogP contribution in [0.25, 0.3) is 0 Å². The second-order valence-corrected chi connectivity index (χ2v) is 5.76. The van der Waals surface area contributed by atoms with Crippen LogP contribution in [0.3, 0.4) is 0 Å². The summed E-state index contributed by atoms with van der Waals surface area (Å²) in [6, 6.07) is 6.60. The molecule has 0 bridgehead atoms. The van der Waals surface area contributed by atoms with Gasteiger partial charge in [0.25, 0.3) is 0 Å². The molecule has 4 nitrogen and oxygen atoms in total. The highest BCUT2D eigenvalue weighted by Gasteiger charge is 2.37. The topological polar surface area (TPSA) is 41.6 Å². The number of amides is 1. The Hall–Kier alpha value is -1.26. The molecule has 0 unspecified atom stereocenters. The number of fused-ring (bicyclic) bond motifs is 3. The van der Waals surface area contributed by atoms with Gasteiger partial charge in [-0.05, 0) is 62.9 Å². The molecule has 1 N–H and O–H groups in total. The third kappa shape index (κ3) is 3.01. The maximum Gasteiger partial charge on any atom is 0.412 e. The van der Waals surface area contributed by atoms with E-state index in [0.717, 1.165) is 24.6 Å². The molecule has 1 saturated heterocycles. The van der Waals surface area contributed by atoms with Gasteiger partial charge >= 0.3 is 6.09 Å². The van der Waals surface area contributed by atoms with E-state index in [1.54, 1.807) is 0 Å². The zero-order chi connectivity index (χ0) is 14.1. The van der Waals surface area contributed by atoms with Gasteiger partial charge in [0.15, 0.2) is 0 Å². The molecule has 1 fully saturated rings. The lowest BCUT2D eigenvalue weighted by Gasteiger charge is -2.32. The van der Waals surface area contributed by atoms with Gasteiger partial charge in [0, 0.05) is 12.6 Å². The smallest absolute Gasteiger partial charge is 0.410 e. The Balaban J connectivity index is 0.00000161. The van der Waals surface area contributed by atoms with Crippen molar-refractivity contribution in [3.8, 4) is 5.75 Å². The van der Waals surface area contributed by atoms with Crippen molar-refractivity contribution < 1.29 is 9.53 Å². The highest BCUT2D eigenvalue weighted by molar-refractivity contribution is 5.85. The number of halogens is 1. The number of nitrogens with one attached hydrogen (secondary N) is 1. The molecule has 0 aromatic heterocycles. The van der Waals surface area contributed by atoms with Gasteiger partial charge in [-0.25, -0.2) is 4.79 Å². The van der Waals surface area contributed by atoms with Crippen molar-refractivity contribution in [2.75, 3.05) is 20.1 Å². The van der Waals surface area contributed by atoms with Crippen LogP contribution in [0.1, 0.15) is 36.9 Å². The largest absolute Gasteiger partial charge is 0.412 e. The van der Waals surface area contributed by atoms with Crippen LogP contribution in [-0.4, -0.2) is 31.1 Å². The molecule has 1 aliphatic heterocycles. The Bertz CT molecular complexity index is 521. The monoisotopic (exact) mass is 310 g/mol. The van der Waals surface area contributed by atoms with Crippen LogP contribution in [0.15, 0.2) is 18.2 Å². The molecule has 1 aliphatic carbocycles. The Morgan fingerprint density at radius 1 is 1.43 bits per heavy atom. The Labute approximate surface area is 132 Å². The molecule has 116 valence electrons. The van der Waals surface area contributed by atoms with Gasteiger partial charge in [-0.3, -0.25) is 4.90 Å². The van der Waals surface area contributed by atoms with Gasteiger partial charge in [-0.2, -0.15) is 0 Å². The van der Waals surface area contributed by atoms with Crippen LogP contribution in [0.2, 0.25) is 0 Å². The van der Waals surface area contributed by atoms with E-state index in [1.165, 1.54) is 24.0 Å². The third-order valence-corrected chi connectivity index (χ3v) is 4.55. The average molecular weight is 311 g/mol. The van der Waals surface area contributed by atoms with Crippen LogP contribution in [-0.2, 0) is 6.42 Å². The van der Waals surface area contributed by atoms with Crippen LogP contribution in [0.4, 0.5) is 4.79 Å². The number of hydrogen-bond acceptors (Lipinski definition) is 3. The van der Waals surface area contributed by atoms with Crippen LogP contribution < -0.4 is 10.1 Å². The summed E-state index contributed by atoms with van der Waals surface area (Å²) in [5, 5.41) is 2.68. The van der Waals surface area contributed by atoms with Crippen molar-refractivity contribution in [1.82, 2.24) is 10.2 Å². The summed E-state index contributed by atoms with van der Waals surface area (Å²) in [5.74, 6) is 1.49.